The highest BCUT2D eigenvalue weighted by atomic mass is 19.3. The Labute approximate surface area is 218 Å². The summed E-state index contributed by atoms with van der Waals surface area (Å²) < 4.78 is 31.3. The van der Waals surface area contributed by atoms with Gasteiger partial charge in [-0.2, -0.15) is 13.9 Å². The van der Waals surface area contributed by atoms with E-state index < -0.39 is 29.6 Å². The smallest absolute Gasteiger partial charge is 0.394 e. The molecule has 38 heavy (non-hydrogen) atoms. The Balaban J connectivity index is 1.53. The van der Waals surface area contributed by atoms with Gasteiger partial charge in [0, 0.05) is 31.3 Å². The fourth-order valence-electron chi connectivity index (χ4n) is 4.79. The molecule has 5 rings (SSSR count). The second-order valence-electron chi connectivity index (χ2n) is 9.42. The van der Waals surface area contributed by atoms with E-state index in [9.17, 15) is 23.5 Å². The van der Waals surface area contributed by atoms with Crippen LogP contribution in [0.4, 0.5) is 20.3 Å². The number of hydrogen-bond donors (Lipinski definition) is 1. The molecule has 0 bridgehead atoms. The van der Waals surface area contributed by atoms with Gasteiger partial charge in [-0.15, -0.1) is 5.10 Å². The van der Waals surface area contributed by atoms with E-state index in [0.717, 1.165) is 31.6 Å². The van der Waals surface area contributed by atoms with Crippen molar-refractivity contribution in [2.24, 2.45) is 0 Å². The van der Waals surface area contributed by atoms with Gasteiger partial charge in [0.05, 0.1) is 17.3 Å². The summed E-state index contributed by atoms with van der Waals surface area (Å²) in [5.41, 5.74) is 2.17. The first kappa shape index (κ1) is 25.3. The maximum Gasteiger partial charge on any atom is 0.394 e. The topological polar surface area (TPSA) is 95.9 Å². The van der Waals surface area contributed by atoms with Crippen molar-refractivity contribution in [2.45, 2.75) is 38.8 Å². The maximum absolute atomic E-state index is 13.7. The predicted molar refractivity (Wildman–Crippen MR) is 137 cm³/mol. The Bertz CT molecular complexity index is 1380. The molecule has 0 saturated carbocycles. The molecule has 3 aromatic rings. The van der Waals surface area contributed by atoms with Crippen LogP contribution in [0.3, 0.4) is 0 Å². The fourth-order valence-corrected chi connectivity index (χ4v) is 4.79. The van der Waals surface area contributed by atoms with Crippen molar-refractivity contribution < 1.29 is 28.2 Å². The van der Waals surface area contributed by atoms with Crippen LogP contribution in [0.15, 0.2) is 72.0 Å². The van der Waals surface area contributed by atoms with Crippen LogP contribution in [0, 0.1) is 6.92 Å². The molecule has 1 saturated heterocycles. The van der Waals surface area contributed by atoms with Gasteiger partial charge < -0.3 is 14.7 Å². The van der Waals surface area contributed by atoms with Crippen LogP contribution in [-0.4, -0.2) is 46.2 Å². The number of alkyl halides is 2. The number of halogens is 2. The van der Waals surface area contributed by atoms with Crippen LogP contribution >= 0.6 is 0 Å². The molecule has 2 aromatic carbocycles. The van der Waals surface area contributed by atoms with Crippen LogP contribution in [0.5, 0.6) is 5.75 Å². The molecule has 196 valence electrons. The number of amides is 1. The van der Waals surface area contributed by atoms with Crippen molar-refractivity contribution in [3.8, 4) is 5.75 Å². The third-order valence-corrected chi connectivity index (χ3v) is 6.58. The van der Waals surface area contributed by atoms with Gasteiger partial charge in [0.2, 0.25) is 0 Å². The molecule has 10 heteroatoms. The van der Waals surface area contributed by atoms with Gasteiger partial charge in [-0.3, -0.25) is 14.5 Å². The highest BCUT2D eigenvalue weighted by molar-refractivity contribution is 6.20. The lowest BCUT2D eigenvalue weighted by atomic mass is 9.92. The minimum Gasteiger partial charge on any atom is -0.503 e. The number of aliphatic hydroxyl groups excluding tert-OH is 1. The lowest BCUT2D eigenvalue weighted by molar-refractivity contribution is -0.158. The van der Waals surface area contributed by atoms with Gasteiger partial charge in [-0.05, 0) is 73.9 Å². The molecule has 0 radical (unpaired) electrons. The van der Waals surface area contributed by atoms with E-state index >= 15 is 0 Å². The van der Waals surface area contributed by atoms with Crippen LogP contribution in [0.2, 0.25) is 0 Å². The molecule has 8 nitrogen and oxygen atoms in total. The summed E-state index contributed by atoms with van der Waals surface area (Å²) in [5, 5.41) is 19.0. The highest BCUT2D eigenvalue weighted by Gasteiger charge is 2.45. The molecule has 1 fully saturated rings. The largest absolute Gasteiger partial charge is 0.503 e. The van der Waals surface area contributed by atoms with Crippen molar-refractivity contribution in [1.29, 1.82) is 0 Å². The molecule has 1 aromatic heterocycles. The Morgan fingerprint density at radius 2 is 1.66 bits per heavy atom. The molecule has 0 spiro atoms. The Morgan fingerprint density at radius 3 is 2.24 bits per heavy atom. The number of aryl methyl sites for hydroxylation is 1. The molecule has 1 atom stereocenters. The number of ketones is 1. The fraction of sp³-hybridized carbons (Fsp3) is 0.286. The molecule has 1 unspecified atom stereocenters. The van der Waals surface area contributed by atoms with Gasteiger partial charge in [0.25, 0.3) is 5.91 Å². The summed E-state index contributed by atoms with van der Waals surface area (Å²) in [4.78, 5) is 30.4. The number of benzene rings is 2. The second kappa shape index (κ2) is 9.85. The number of aliphatic hydroxyl groups is 1. The average Bonchev–Trinajstić information content (AvgIpc) is 3.51. The Hall–Kier alpha value is -4.34. The molecule has 2 aliphatic rings. The summed E-state index contributed by atoms with van der Waals surface area (Å²) in [5.74, 6) is -2.01. The van der Waals surface area contributed by atoms with Crippen LogP contribution in [-0.2, 0) is 4.79 Å². The van der Waals surface area contributed by atoms with Crippen molar-refractivity contribution in [3.05, 3.63) is 88.8 Å². The van der Waals surface area contributed by atoms with Crippen molar-refractivity contribution in [1.82, 2.24) is 10.2 Å². The van der Waals surface area contributed by atoms with E-state index in [4.69, 9.17) is 0 Å². The number of hydrogen-bond acceptors (Lipinski definition) is 7. The van der Waals surface area contributed by atoms with E-state index in [-0.39, 0.29) is 17.1 Å². The number of nitrogens with zero attached hydrogens (tertiary/aromatic N) is 4. The average molecular weight is 521 g/mol. The minimum absolute atomic E-state index is 0.0918. The first-order chi connectivity index (χ1) is 18.1. The van der Waals surface area contributed by atoms with E-state index in [2.05, 4.69) is 19.8 Å². The lowest BCUT2D eigenvalue weighted by Gasteiger charge is -2.26. The second-order valence-corrected chi connectivity index (χ2v) is 9.42. The molecular weight excluding hydrogens is 494 g/mol. The van der Waals surface area contributed by atoms with Crippen LogP contribution in [0.1, 0.15) is 47.4 Å². The van der Waals surface area contributed by atoms with E-state index in [1.54, 1.807) is 31.2 Å². The number of carbonyl (C=O) groups is 2. The number of carbonyl (C=O) groups excluding carboxylic acids is 2. The minimum atomic E-state index is -3.38. The summed E-state index contributed by atoms with van der Waals surface area (Å²) >= 11 is 0. The lowest BCUT2D eigenvalue weighted by Crippen LogP contribution is -2.32. The molecule has 2 aliphatic heterocycles. The van der Waals surface area contributed by atoms with E-state index in [1.165, 1.54) is 29.2 Å². The third-order valence-electron chi connectivity index (χ3n) is 6.58. The summed E-state index contributed by atoms with van der Waals surface area (Å²) in [6, 6.07) is 14.8. The van der Waals surface area contributed by atoms with Gasteiger partial charge in [0.15, 0.2) is 17.4 Å². The summed E-state index contributed by atoms with van der Waals surface area (Å²) in [6.07, 6.45) is -1.15. The van der Waals surface area contributed by atoms with Gasteiger partial charge >= 0.3 is 6.11 Å². The van der Waals surface area contributed by atoms with E-state index in [0.29, 0.717) is 23.7 Å². The van der Waals surface area contributed by atoms with Gasteiger partial charge in [0.1, 0.15) is 5.75 Å². The first-order valence-corrected chi connectivity index (χ1v) is 12.3. The standard InChI is InChI=1S/C28H26F2N4O4/c1-17-5-14-22(32-31-17)34-24(18-8-12-21(13-9-18)38-28(2,29)30)23(26(36)27(34)37)25(35)19-6-10-20(11-7-19)33-15-3-4-16-33/h5-14,24,36H,3-4,15-16H2,1-2H3. The molecule has 0 aliphatic carbocycles. The van der Waals surface area contributed by atoms with Crippen LogP contribution < -0.4 is 14.5 Å². The van der Waals surface area contributed by atoms with Crippen molar-refractivity contribution in [3.63, 3.8) is 0 Å². The molecule has 1 amide bonds. The molecule has 3 heterocycles. The first-order valence-electron chi connectivity index (χ1n) is 12.3. The SMILES string of the molecule is Cc1ccc(N2C(=O)C(O)=C(C(=O)c3ccc(N4CCCC4)cc3)C2c2ccc(OC(C)(F)F)cc2)nn1. The number of ether oxygens (including phenoxy) is 1. The zero-order valence-corrected chi connectivity index (χ0v) is 20.9. The number of Topliss-reactive ketones (excluding diaryl/α,β-unsaturated/α-hetero) is 1. The summed E-state index contributed by atoms with van der Waals surface area (Å²) in [7, 11) is 0. The third kappa shape index (κ3) is 4.93. The Kier molecular flexibility index (Phi) is 6.56. The predicted octanol–water partition coefficient (Wildman–Crippen LogP) is 5.16. The molecule has 1 N–H and O–H groups in total. The Morgan fingerprint density at radius 1 is 1.00 bits per heavy atom. The van der Waals surface area contributed by atoms with Crippen molar-refractivity contribution >= 4 is 23.2 Å². The van der Waals surface area contributed by atoms with Crippen molar-refractivity contribution in [2.75, 3.05) is 22.9 Å². The number of rotatable bonds is 7. The molecular formula is C28H26F2N4O4. The number of anilines is 2. The maximum atomic E-state index is 13.7. The quantitative estimate of drug-likeness (QED) is 0.430. The summed E-state index contributed by atoms with van der Waals surface area (Å²) in [6.45, 7) is 4.26. The van der Waals surface area contributed by atoms with Crippen LogP contribution in [0.25, 0.3) is 0 Å². The number of aromatic nitrogens is 2. The van der Waals surface area contributed by atoms with Gasteiger partial charge in [-0.1, -0.05) is 12.1 Å². The highest BCUT2D eigenvalue weighted by Crippen LogP contribution is 2.42. The van der Waals surface area contributed by atoms with E-state index in [1.807, 2.05) is 12.1 Å². The van der Waals surface area contributed by atoms with Gasteiger partial charge in [-0.25, -0.2) is 0 Å². The normalized spacial score (nSPS) is 17.9. The monoisotopic (exact) mass is 520 g/mol. The zero-order chi connectivity index (χ0) is 27.0. The zero-order valence-electron chi connectivity index (χ0n) is 20.9.